The summed E-state index contributed by atoms with van der Waals surface area (Å²) in [4.78, 5) is 0. The van der Waals surface area contributed by atoms with Gasteiger partial charge in [0.2, 0.25) is 0 Å². The van der Waals surface area contributed by atoms with Crippen LogP contribution in [0.25, 0.3) is 0 Å². The highest BCUT2D eigenvalue weighted by Gasteiger charge is 2.54. The lowest BCUT2D eigenvalue weighted by atomic mass is 9.45. The number of rotatable bonds is 2. The molecule has 0 aromatic rings. The van der Waals surface area contributed by atoms with Crippen LogP contribution in [0, 0.1) is 23.2 Å². The van der Waals surface area contributed by atoms with Crippen LogP contribution in [-0.2, 0) is 0 Å². The van der Waals surface area contributed by atoms with Gasteiger partial charge in [-0.2, -0.15) is 0 Å². The minimum atomic E-state index is -0.469. The molecule has 1 N–H and O–H groups in total. The van der Waals surface area contributed by atoms with E-state index in [0.717, 1.165) is 24.2 Å². The Morgan fingerprint density at radius 1 is 1.29 bits per heavy atom. The Morgan fingerprint density at radius 3 is 2.36 bits per heavy atom. The average molecular weight is 196 g/mol. The molecule has 3 aliphatic carbocycles. The summed E-state index contributed by atoms with van der Waals surface area (Å²) in [5.41, 5.74) is 0.0946. The normalized spacial score (nSPS) is 40.5. The fraction of sp³-hybridized carbons (Fsp3) is 1.00. The van der Waals surface area contributed by atoms with Gasteiger partial charge in [-0.25, -0.2) is 0 Å². The number of hydrogen-bond donors (Lipinski definition) is 1. The number of fused-ring (bicyclic) bond motifs is 2. The van der Waals surface area contributed by atoms with Crippen LogP contribution in [0.15, 0.2) is 0 Å². The van der Waals surface area contributed by atoms with Crippen molar-refractivity contribution in [1.82, 2.24) is 0 Å². The van der Waals surface area contributed by atoms with Crippen LogP contribution in [0.1, 0.15) is 53.4 Å². The van der Waals surface area contributed by atoms with Crippen LogP contribution >= 0.6 is 0 Å². The molecule has 1 heteroatoms. The van der Waals surface area contributed by atoms with Gasteiger partial charge < -0.3 is 5.11 Å². The van der Waals surface area contributed by atoms with Crippen molar-refractivity contribution in [3.8, 4) is 0 Å². The first-order chi connectivity index (χ1) is 6.31. The largest absolute Gasteiger partial charge is 0.390 e. The van der Waals surface area contributed by atoms with Crippen molar-refractivity contribution in [1.29, 1.82) is 0 Å². The van der Waals surface area contributed by atoms with E-state index >= 15 is 0 Å². The highest BCUT2D eigenvalue weighted by molar-refractivity contribution is 5.03. The molecule has 1 nitrogen and oxygen atoms in total. The summed E-state index contributed by atoms with van der Waals surface area (Å²) >= 11 is 0. The Kier molecular flexibility index (Phi) is 2.23. The monoisotopic (exact) mass is 196 g/mol. The van der Waals surface area contributed by atoms with E-state index < -0.39 is 5.60 Å². The predicted octanol–water partition coefficient (Wildman–Crippen LogP) is 3.22. The quantitative estimate of drug-likeness (QED) is 0.719. The van der Waals surface area contributed by atoms with Crippen LogP contribution in [0.4, 0.5) is 0 Å². The molecule has 14 heavy (non-hydrogen) atoms. The summed E-state index contributed by atoms with van der Waals surface area (Å²) in [6.45, 7) is 8.74. The fourth-order valence-electron chi connectivity index (χ4n) is 3.85. The molecule has 3 aliphatic rings. The van der Waals surface area contributed by atoms with Crippen molar-refractivity contribution in [3.63, 3.8) is 0 Å². The molecule has 3 fully saturated rings. The molecule has 0 amide bonds. The first-order valence-electron chi connectivity index (χ1n) is 6.03. The first kappa shape index (κ1) is 10.5. The molecule has 3 saturated carbocycles. The summed E-state index contributed by atoms with van der Waals surface area (Å²) in [6.07, 6.45) is 5.16. The van der Waals surface area contributed by atoms with Gasteiger partial charge in [-0.1, -0.05) is 13.8 Å². The third-order valence-electron chi connectivity index (χ3n) is 4.76. The minimum absolute atomic E-state index is 0.469. The molecular weight excluding hydrogens is 172 g/mol. The predicted molar refractivity (Wildman–Crippen MR) is 59.0 cm³/mol. The molecule has 3 rings (SSSR count). The zero-order valence-corrected chi connectivity index (χ0v) is 10.0. The van der Waals surface area contributed by atoms with Gasteiger partial charge in [0, 0.05) is 0 Å². The molecule has 82 valence electrons. The summed E-state index contributed by atoms with van der Waals surface area (Å²) in [5, 5.41) is 9.88. The van der Waals surface area contributed by atoms with Crippen LogP contribution in [0.3, 0.4) is 0 Å². The van der Waals surface area contributed by atoms with Gasteiger partial charge in [-0.05, 0) is 62.7 Å². The molecule has 2 bridgehead atoms. The van der Waals surface area contributed by atoms with Gasteiger partial charge in [-0.3, -0.25) is 0 Å². The summed E-state index contributed by atoms with van der Waals surface area (Å²) in [7, 11) is 0. The Labute approximate surface area is 87.9 Å². The zero-order chi connectivity index (χ0) is 10.6. The number of hydrogen-bond acceptors (Lipinski definition) is 1. The minimum Gasteiger partial charge on any atom is -0.390 e. The van der Waals surface area contributed by atoms with E-state index in [0.29, 0.717) is 5.41 Å². The van der Waals surface area contributed by atoms with Crippen molar-refractivity contribution in [2.24, 2.45) is 23.2 Å². The maximum Gasteiger partial charge on any atom is 0.0594 e. The van der Waals surface area contributed by atoms with Gasteiger partial charge >= 0.3 is 0 Å². The van der Waals surface area contributed by atoms with E-state index in [2.05, 4.69) is 13.8 Å². The smallest absolute Gasteiger partial charge is 0.0594 e. The Hall–Kier alpha value is -0.0400. The molecule has 0 radical (unpaired) electrons. The van der Waals surface area contributed by atoms with E-state index in [1.165, 1.54) is 19.3 Å². The molecule has 3 unspecified atom stereocenters. The second kappa shape index (κ2) is 2.98. The molecule has 0 aromatic heterocycles. The topological polar surface area (TPSA) is 20.2 Å². The zero-order valence-electron chi connectivity index (χ0n) is 10.0. The van der Waals surface area contributed by atoms with Gasteiger partial charge in [0.15, 0.2) is 0 Å². The second-order valence-corrected chi connectivity index (χ2v) is 6.71. The second-order valence-electron chi connectivity index (χ2n) is 6.71. The lowest BCUT2D eigenvalue weighted by Gasteiger charge is -2.60. The maximum absolute atomic E-state index is 9.88. The maximum atomic E-state index is 9.88. The summed E-state index contributed by atoms with van der Waals surface area (Å²) < 4.78 is 0. The Balaban J connectivity index is 2.01. The third-order valence-corrected chi connectivity index (χ3v) is 4.76. The molecule has 0 heterocycles. The van der Waals surface area contributed by atoms with Crippen LogP contribution < -0.4 is 0 Å². The Bertz CT molecular complexity index is 222. The van der Waals surface area contributed by atoms with Gasteiger partial charge in [-0.15, -0.1) is 0 Å². The lowest BCUT2D eigenvalue weighted by Crippen LogP contribution is -2.53. The molecule has 0 saturated heterocycles. The van der Waals surface area contributed by atoms with Crippen molar-refractivity contribution in [2.75, 3.05) is 0 Å². The van der Waals surface area contributed by atoms with E-state index in [-0.39, 0.29) is 0 Å². The molecule has 0 aliphatic heterocycles. The fourth-order valence-corrected chi connectivity index (χ4v) is 3.85. The van der Waals surface area contributed by atoms with Crippen molar-refractivity contribution >= 4 is 0 Å². The van der Waals surface area contributed by atoms with Crippen LogP contribution in [0.5, 0.6) is 0 Å². The SMILES string of the molecule is CC(C)(O)CC1CCC2CC1C2(C)C. The lowest BCUT2D eigenvalue weighted by molar-refractivity contribution is -0.122. The van der Waals surface area contributed by atoms with E-state index in [4.69, 9.17) is 0 Å². The molecule has 0 aromatic carbocycles. The van der Waals surface area contributed by atoms with Crippen molar-refractivity contribution in [2.45, 2.75) is 59.0 Å². The summed E-state index contributed by atoms with van der Waals surface area (Å²) in [5.74, 6) is 2.63. The van der Waals surface area contributed by atoms with Crippen molar-refractivity contribution < 1.29 is 5.11 Å². The average Bonchev–Trinajstić information content (AvgIpc) is 2.00. The van der Waals surface area contributed by atoms with Gasteiger partial charge in [0.05, 0.1) is 5.60 Å². The molecule has 3 atom stereocenters. The van der Waals surface area contributed by atoms with E-state index in [1.54, 1.807) is 0 Å². The van der Waals surface area contributed by atoms with E-state index in [1.807, 2.05) is 13.8 Å². The van der Waals surface area contributed by atoms with E-state index in [9.17, 15) is 5.11 Å². The van der Waals surface area contributed by atoms with Crippen LogP contribution in [-0.4, -0.2) is 10.7 Å². The first-order valence-corrected chi connectivity index (χ1v) is 6.03. The molecular formula is C13H24O. The summed E-state index contributed by atoms with van der Waals surface area (Å²) in [6, 6.07) is 0. The molecule has 0 spiro atoms. The third kappa shape index (κ3) is 1.60. The van der Waals surface area contributed by atoms with Gasteiger partial charge in [0.1, 0.15) is 0 Å². The standard InChI is InChI=1S/C13H24O/c1-12(2,14)8-9-5-6-10-7-11(9)13(10,3)4/h9-11,14H,5-8H2,1-4H3. The number of aliphatic hydroxyl groups is 1. The Morgan fingerprint density at radius 2 is 1.93 bits per heavy atom. The van der Waals surface area contributed by atoms with Gasteiger partial charge in [0.25, 0.3) is 0 Å². The highest BCUT2D eigenvalue weighted by Crippen LogP contribution is 2.62. The highest BCUT2D eigenvalue weighted by atomic mass is 16.3. The van der Waals surface area contributed by atoms with Crippen LogP contribution in [0.2, 0.25) is 0 Å². The van der Waals surface area contributed by atoms with Crippen molar-refractivity contribution in [3.05, 3.63) is 0 Å².